The van der Waals surface area contributed by atoms with Gasteiger partial charge in [0.25, 0.3) is 0 Å². The monoisotopic (exact) mass is 278 g/mol. The summed E-state index contributed by atoms with van der Waals surface area (Å²) in [5.74, 6) is 0. The fraction of sp³-hybridized carbons (Fsp3) is 0.643. The van der Waals surface area contributed by atoms with Crippen molar-refractivity contribution in [1.29, 1.82) is 0 Å². The number of ether oxygens (including phenoxy) is 1. The molecule has 1 atom stereocenters. The number of hydrogen-bond acceptors (Lipinski definition) is 5. The zero-order chi connectivity index (χ0) is 14.6. The average molecular weight is 278 g/mol. The predicted octanol–water partition coefficient (Wildman–Crippen LogP) is 1.58. The summed E-state index contributed by atoms with van der Waals surface area (Å²) in [6, 6.07) is 0.140. The third-order valence-electron chi connectivity index (χ3n) is 3.00. The van der Waals surface area contributed by atoms with Crippen LogP contribution in [0.4, 0.5) is 4.79 Å². The summed E-state index contributed by atoms with van der Waals surface area (Å²) >= 11 is 0. The van der Waals surface area contributed by atoms with E-state index < -0.39 is 5.60 Å². The van der Waals surface area contributed by atoms with Gasteiger partial charge in [-0.3, -0.25) is 14.9 Å². The Bertz CT molecular complexity index is 444. The first-order chi connectivity index (χ1) is 9.42. The number of nitrogens with one attached hydrogen (secondary N) is 1. The summed E-state index contributed by atoms with van der Waals surface area (Å²) in [7, 11) is 0. The van der Waals surface area contributed by atoms with E-state index in [2.05, 4.69) is 20.2 Å². The molecular formula is C14H22N4O2. The lowest BCUT2D eigenvalue weighted by atomic mass is 10.2. The van der Waals surface area contributed by atoms with Crippen LogP contribution in [-0.4, -0.2) is 45.7 Å². The lowest BCUT2D eigenvalue weighted by molar-refractivity contribution is 0.0505. The van der Waals surface area contributed by atoms with Crippen LogP contribution in [0.2, 0.25) is 0 Å². The molecule has 0 saturated carbocycles. The van der Waals surface area contributed by atoms with E-state index in [0.29, 0.717) is 0 Å². The summed E-state index contributed by atoms with van der Waals surface area (Å²) in [5, 5.41) is 2.91. The molecule has 6 nitrogen and oxygen atoms in total. The normalized spacial score (nSPS) is 19.9. The fourth-order valence-corrected chi connectivity index (χ4v) is 2.21. The molecular weight excluding hydrogens is 256 g/mol. The Morgan fingerprint density at radius 2 is 2.30 bits per heavy atom. The van der Waals surface area contributed by atoms with E-state index in [-0.39, 0.29) is 12.1 Å². The molecule has 1 saturated heterocycles. The van der Waals surface area contributed by atoms with Gasteiger partial charge in [0.2, 0.25) is 0 Å². The van der Waals surface area contributed by atoms with Gasteiger partial charge in [0.15, 0.2) is 0 Å². The molecule has 0 radical (unpaired) electrons. The van der Waals surface area contributed by atoms with Crippen LogP contribution in [0.1, 0.15) is 32.9 Å². The van der Waals surface area contributed by atoms with Crippen molar-refractivity contribution in [2.45, 2.75) is 45.4 Å². The van der Waals surface area contributed by atoms with Gasteiger partial charge in [-0.25, -0.2) is 4.79 Å². The molecule has 1 amide bonds. The lowest BCUT2D eigenvalue weighted by Gasteiger charge is -2.22. The van der Waals surface area contributed by atoms with E-state index in [0.717, 1.165) is 31.7 Å². The number of rotatable bonds is 3. The number of nitrogens with zero attached hydrogens (tertiary/aromatic N) is 3. The van der Waals surface area contributed by atoms with Crippen LogP contribution in [0.25, 0.3) is 0 Å². The van der Waals surface area contributed by atoms with Crippen molar-refractivity contribution in [2.75, 3.05) is 13.1 Å². The molecule has 1 unspecified atom stereocenters. The Balaban J connectivity index is 1.77. The third kappa shape index (κ3) is 4.77. The maximum absolute atomic E-state index is 11.7. The Morgan fingerprint density at radius 3 is 2.95 bits per heavy atom. The Labute approximate surface area is 119 Å². The highest BCUT2D eigenvalue weighted by atomic mass is 16.6. The molecule has 0 aromatic carbocycles. The van der Waals surface area contributed by atoms with Gasteiger partial charge in [-0.1, -0.05) is 0 Å². The Morgan fingerprint density at radius 1 is 1.50 bits per heavy atom. The van der Waals surface area contributed by atoms with Gasteiger partial charge in [-0.2, -0.15) is 0 Å². The van der Waals surface area contributed by atoms with E-state index in [4.69, 9.17) is 4.74 Å². The number of carbonyl (C=O) groups excluding carboxylic acids is 1. The molecule has 1 aliphatic heterocycles. The molecule has 6 heteroatoms. The highest BCUT2D eigenvalue weighted by Crippen LogP contribution is 2.13. The standard InChI is InChI=1S/C14H22N4O2/c1-14(2,3)20-13(19)17-11-4-7-18(9-11)10-12-8-15-5-6-16-12/h5-6,8,11H,4,7,9-10H2,1-3H3,(H,17,19). The van der Waals surface area contributed by atoms with Crippen LogP contribution in [0.15, 0.2) is 18.6 Å². The van der Waals surface area contributed by atoms with Gasteiger partial charge in [0.05, 0.1) is 5.69 Å². The first-order valence-corrected chi connectivity index (χ1v) is 6.89. The topological polar surface area (TPSA) is 67.3 Å². The van der Waals surface area contributed by atoms with Crippen LogP contribution in [0.5, 0.6) is 0 Å². The minimum atomic E-state index is -0.456. The SMILES string of the molecule is CC(C)(C)OC(=O)NC1CCN(Cc2cnccn2)C1. The van der Waals surface area contributed by atoms with Crippen molar-refractivity contribution in [3.05, 3.63) is 24.3 Å². The molecule has 0 aliphatic carbocycles. The molecule has 1 N–H and O–H groups in total. The predicted molar refractivity (Wildman–Crippen MR) is 75.1 cm³/mol. The van der Waals surface area contributed by atoms with Gasteiger partial charge in [-0.15, -0.1) is 0 Å². The number of alkyl carbamates (subject to hydrolysis) is 1. The minimum absolute atomic E-state index is 0.140. The number of carbonyl (C=O) groups is 1. The van der Waals surface area contributed by atoms with Gasteiger partial charge < -0.3 is 10.1 Å². The fourth-order valence-electron chi connectivity index (χ4n) is 2.21. The van der Waals surface area contributed by atoms with E-state index in [9.17, 15) is 4.79 Å². The zero-order valence-corrected chi connectivity index (χ0v) is 12.3. The Hall–Kier alpha value is -1.69. The van der Waals surface area contributed by atoms with Gasteiger partial charge in [0, 0.05) is 44.3 Å². The zero-order valence-electron chi connectivity index (χ0n) is 12.3. The third-order valence-corrected chi connectivity index (χ3v) is 3.00. The van der Waals surface area contributed by atoms with Crippen LogP contribution < -0.4 is 5.32 Å². The summed E-state index contributed by atoms with van der Waals surface area (Å²) in [5.41, 5.74) is 0.493. The number of amides is 1. The van der Waals surface area contributed by atoms with Crippen molar-refractivity contribution in [3.63, 3.8) is 0 Å². The maximum atomic E-state index is 11.7. The van der Waals surface area contributed by atoms with Crippen molar-refractivity contribution >= 4 is 6.09 Å². The number of aromatic nitrogens is 2. The first kappa shape index (κ1) is 14.7. The van der Waals surface area contributed by atoms with E-state index >= 15 is 0 Å². The largest absolute Gasteiger partial charge is 0.444 e. The highest BCUT2D eigenvalue weighted by molar-refractivity contribution is 5.68. The number of likely N-dealkylation sites (tertiary alicyclic amines) is 1. The van der Waals surface area contributed by atoms with Crippen molar-refractivity contribution in [1.82, 2.24) is 20.2 Å². The van der Waals surface area contributed by atoms with Crippen molar-refractivity contribution < 1.29 is 9.53 Å². The summed E-state index contributed by atoms with van der Waals surface area (Å²) in [6.07, 6.45) is 5.72. The smallest absolute Gasteiger partial charge is 0.407 e. The van der Waals surface area contributed by atoms with E-state index in [1.165, 1.54) is 0 Å². The molecule has 20 heavy (non-hydrogen) atoms. The second-order valence-corrected chi connectivity index (χ2v) is 6.06. The van der Waals surface area contributed by atoms with Crippen LogP contribution in [0.3, 0.4) is 0 Å². The van der Waals surface area contributed by atoms with E-state index in [1.54, 1.807) is 18.6 Å². The molecule has 1 aromatic rings. The van der Waals surface area contributed by atoms with Crippen LogP contribution in [-0.2, 0) is 11.3 Å². The second-order valence-electron chi connectivity index (χ2n) is 6.06. The van der Waals surface area contributed by atoms with Crippen LogP contribution >= 0.6 is 0 Å². The minimum Gasteiger partial charge on any atom is -0.444 e. The summed E-state index contributed by atoms with van der Waals surface area (Å²) < 4.78 is 5.26. The average Bonchev–Trinajstić information content (AvgIpc) is 2.75. The van der Waals surface area contributed by atoms with Crippen molar-refractivity contribution in [3.8, 4) is 0 Å². The second kappa shape index (κ2) is 6.17. The molecule has 1 aliphatic rings. The number of hydrogen-bond donors (Lipinski definition) is 1. The van der Waals surface area contributed by atoms with Gasteiger partial charge >= 0.3 is 6.09 Å². The Kier molecular flexibility index (Phi) is 4.54. The van der Waals surface area contributed by atoms with E-state index in [1.807, 2.05) is 20.8 Å². The molecule has 0 spiro atoms. The van der Waals surface area contributed by atoms with Gasteiger partial charge in [-0.05, 0) is 27.2 Å². The van der Waals surface area contributed by atoms with Gasteiger partial charge in [0.1, 0.15) is 5.60 Å². The highest BCUT2D eigenvalue weighted by Gasteiger charge is 2.26. The van der Waals surface area contributed by atoms with Crippen LogP contribution in [0, 0.1) is 0 Å². The summed E-state index contributed by atoms with van der Waals surface area (Å²) in [4.78, 5) is 22.3. The quantitative estimate of drug-likeness (QED) is 0.909. The molecule has 110 valence electrons. The molecule has 2 heterocycles. The molecule has 1 fully saturated rings. The first-order valence-electron chi connectivity index (χ1n) is 6.89. The molecule has 0 bridgehead atoms. The summed E-state index contributed by atoms with van der Waals surface area (Å²) in [6.45, 7) is 8.11. The van der Waals surface area contributed by atoms with Crippen molar-refractivity contribution in [2.24, 2.45) is 0 Å². The maximum Gasteiger partial charge on any atom is 0.407 e. The molecule has 1 aromatic heterocycles. The molecule has 2 rings (SSSR count). The lowest BCUT2D eigenvalue weighted by Crippen LogP contribution is -2.40.